The van der Waals surface area contributed by atoms with Gasteiger partial charge in [0.2, 0.25) is 0 Å². The maximum absolute atomic E-state index is 5.76. The number of rotatable bonds is 3. The summed E-state index contributed by atoms with van der Waals surface area (Å²) in [4.78, 5) is 8.34. The van der Waals surface area contributed by atoms with Gasteiger partial charge in [-0.3, -0.25) is 0 Å². The van der Waals surface area contributed by atoms with Gasteiger partial charge in [-0.2, -0.15) is 0 Å². The maximum Gasteiger partial charge on any atom is 0.123 e. The van der Waals surface area contributed by atoms with E-state index in [0.717, 1.165) is 17.2 Å². The van der Waals surface area contributed by atoms with E-state index in [1.54, 1.807) is 6.20 Å². The molecule has 1 aliphatic carbocycles. The third kappa shape index (κ3) is 1.78. The van der Waals surface area contributed by atoms with E-state index in [2.05, 4.69) is 28.4 Å². The molecule has 0 amide bonds. The predicted molar refractivity (Wildman–Crippen MR) is 71.9 cm³/mol. The highest BCUT2D eigenvalue weighted by Gasteiger charge is 2.40. The number of anilines is 1. The summed E-state index contributed by atoms with van der Waals surface area (Å²) in [5.41, 5.74) is 8.06. The molecule has 0 bridgehead atoms. The zero-order valence-corrected chi connectivity index (χ0v) is 10.8. The zero-order chi connectivity index (χ0) is 12.8. The molecular formula is C14H18N4. The highest BCUT2D eigenvalue weighted by atomic mass is 15.1. The van der Waals surface area contributed by atoms with E-state index in [0.29, 0.717) is 5.82 Å². The first-order valence-corrected chi connectivity index (χ1v) is 6.34. The van der Waals surface area contributed by atoms with Crippen LogP contribution < -0.4 is 5.73 Å². The molecule has 2 N–H and O–H groups in total. The molecule has 2 heterocycles. The average Bonchev–Trinajstić information content (AvgIpc) is 3.07. The van der Waals surface area contributed by atoms with Crippen LogP contribution in [0, 0.1) is 5.92 Å². The zero-order valence-electron chi connectivity index (χ0n) is 10.8. The van der Waals surface area contributed by atoms with Crippen molar-refractivity contribution in [3.8, 4) is 11.3 Å². The third-order valence-corrected chi connectivity index (χ3v) is 3.91. The Balaban J connectivity index is 2.06. The number of aromatic nitrogens is 3. The molecule has 3 rings (SSSR count). The number of hydrogen-bond acceptors (Lipinski definition) is 3. The second kappa shape index (κ2) is 3.83. The van der Waals surface area contributed by atoms with Crippen molar-refractivity contribution in [3.63, 3.8) is 0 Å². The van der Waals surface area contributed by atoms with Crippen molar-refractivity contribution in [2.45, 2.75) is 32.2 Å². The lowest BCUT2D eigenvalue weighted by atomic mass is 9.97. The van der Waals surface area contributed by atoms with Gasteiger partial charge >= 0.3 is 0 Å². The minimum absolute atomic E-state index is 0.115. The van der Waals surface area contributed by atoms with Crippen LogP contribution in [-0.4, -0.2) is 14.5 Å². The van der Waals surface area contributed by atoms with Crippen LogP contribution in [-0.2, 0) is 5.54 Å². The fourth-order valence-electron chi connectivity index (χ4n) is 2.56. The van der Waals surface area contributed by atoms with E-state index >= 15 is 0 Å². The number of hydrogen-bond donors (Lipinski definition) is 1. The summed E-state index contributed by atoms with van der Waals surface area (Å²) in [6.07, 6.45) is 8.18. The lowest BCUT2D eigenvalue weighted by Crippen LogP contribution is -2.28. The van der Waals surface area contributed by atoms with Crippen molar-refractivity contribution >= 4 is 5.82 Å². The molecule has 1 fully saturated rings. The molecule has 0 radical (unpaired) electrons. The summed E-state index contributed by atoms with van der Waals surface area (Å²) in [5, 5.41) is 0. The summed E-state index contributed by atoms with van der Waals surface area (Å²) < 4.78 is 2.26. The van der Waals surface area contributed by atoms with E-state index in [1.807, 2.05) is 24.7 Å². The molecule has 0 aliphatic heterocycles. The minimum atomic E-state index is 0.115. The fourth-order valence-corrected chi connectivity index (χ4v) is 2.56. The van der Waals surface area contributed by atoms with Gasteiger partial charge in [-0.1, -0.05) is 0 Å². The smallest absolute Gasteiger partial charge is 0.123 e. The van der Waals surface area contributed by atoms with E-state index in [9.17, 15) is 0 Å². The lowest BCUT2D eigenvalue weighted by molar-refractivity contribution is 0.307. The molecule has 94 valence electrons. The van der Waals surface area contributed by atoms with Gasteiger partial charge in [-0.25, -0.2) is 9.97 Å². The molecule has 0 atom stereocenters. The standard InChI is InChI=1S/C14H18N4/c1-14(2,11-3-4-11)18-9-16-8-12(18)10-5-6-17-13(15)7-10/h5-9,11H,3-4H2,1-2H3,(H2,15,17). The first kappa shape index (κ1) is 11.3. The molecule has 18 heavy (non-hydrogen) atoms. The van der Waals surface area contributed by atoms with Crippen molar-refractivity contribution in [3.05, 3.63) is 30.9 Å². The van der Waals surface area contributed by atoms with Gasteiger partial charge in [0.25, 0.3) is 0 Å². The Hall–Kier alpha value is -1.84. The average molecular weight is 242 g/mol. The second-order valence-corrected chi connectivity index (χ2v) is 5.55. The minimum Gasteiger partial charge on any atom is -0.384 e. The van der Waals surface area contributed by atoms with Gasteiger partial charge in [-0.05, 0) is 44.7 Å². The molecule has 0 spiro atoms. The number of imidazole rings is 1. The highest BCUT2D eigenvalue weighted by molar-refractivity contribution is 5.62. The van der Waals surface area contributed by atoms with Crippen molar-refractivity contribution < 1.29 is 0 Å². The monoisotopic (exact) mass is 242 g/mol. The lowest BCUT2D eigenvalue weighted by Gasteiger charge is -2.28. The molecule has 1 saturated carbocycles. The number of nitrogens with two attached hydrogens (primary N) is 1. The second-order valence-electron chi connectivity index (χ2n) is 5.55. The van der Waals surface area contributed by atoms with E-state index in [4.69, 9.17) is 5.73 Å². The SMILES string of the molecule is CC(C)(C1CC1)n1cncc1-c1ccnc(N)c1. The summed E-state index contributed by atoms with van der Waals surface area (Å²) in [6, 6.07) is 3.88. The van der Waals surface area contributed by atoms with E-state index < -0.39 is 0 Å². The van der Waals surface area contributed by atoms with Crippen molar-refractivity contribution in [2.24, 2.45) is 5.92 Å². The van der Waals surface area contributed by atoms with Crippen molar-refractivity contribution in [1.82, 2.24) is 14.5 Å². The Morgan fingerprint density at radius 2 is 2.17 bits per heavy atom. The molecular weight excluding hydrogens is 224 g/mol. The highest BCUT2D eigenvalue weighted by Crippen LogP contribution is 2.45. The summed E-state index contributed by atoms with van der Waals surface area (Å²) >= 11 is 0. The van der Waals surface area contributed by atoms with Crippen LogP contribution in [0.5, 0.6) is 0 Å². The van der Waals surface area contributed by atoms with Crippen molar-refractivity contribution in [2.75, 3.05) is 5.73 Å². The molecule has 0 unspecified atom stereocenters. The Kier molecular flexibility index (Phi) is 2.40. The van der Waals surface area contributed by atoms with Crippen LogP contribution in [0.15, 0.2) is 30.9 Å². The Morgan fingerprint density at radius 3 is 2.83 bits per heavy atom. The van der Waals surface area contributed by atoms with Gasteiger partial charge in [0.15, 0.2) is 0 Å². The largest absolute Gasteiger partial charge is 0.384 e. The van der Waals surface area contributed by atoms with Crippen molar-refractivity contribution in [1.29, 1.82) is 0 Å². The topological polar surface area (TPSA) is 56.7 Å². The van der Waals surface area contributed by atoms with Gasteiger partial charge in [-0.15, -0.1) is 0 Å². The number of nitrogen functional groups attached to an aromatic ring is 1. The van der Waals surface area contributed by atoms with Gasteiger partial charge < -0.3 is 10.3 Å². The van der Waals surface area contributed by atoms with Crippen LogP contribution in [0.2, 0.25) is 0 Å². The molecule has 4 nitrogen and oxygen atoms in total. The first-order valence-electron chi connectivity index (χ1n) is 6.34. The van der Waals surface area contributed by atoms with Crippen LogP contribution in [0.4, 0.5) is 5.82 Å². The molecule has 2 aromatic heterocycles. The van der Waals surface area contributed by atoms with Gasteiger partial charge in [0.1, 0.15) is 5.82 Å². The van der Waals surface area contributed by atoms with E-state index in [-0.39, 0.29) is 5.54 Å². The van der Waals surface area contributed by atoms with Gasteiger partial charge in [0, 0.05) is 17.3 Å². The molecule has 2 aromatic rings. The Labute approximate surface area is 107 Å². The maximum atomic E-state index is 5.76. The summed E-state index contributed by atoms with van der Waals surface area (Å²) in [7, 11) is 0. The Bertz CT molecular complexity index is 567. The Morgan fingerprint density at radius 1 is 1.39 bits per heavy atom. The third-order valence-electron chi connectivity index (χ3n) is 3.91. The predicted octanol–water partition coefficient (Wildman–Crippen LogP) is 2.67. The van der Waals surface area contributed by atoms with Crippen LogP contribution in [0.1, 0.15) is 26.7 Å². The molecule has 0 saturated heterocycles. The quantitative estimate of drug-likeness (QED) is 0.900. The normalized spacial score (nSPS) is 15.9. The molecule has 4 heteroatoms. The summed E-state index contributed by atoms with van der Waals surface area (Å²) in [6.45, 7) is 4.56. The first-order chi connectivity index (χ1) is 8.59. The van der Waals surface area contributed by atoms with Crippen LogP contribution in [0.3, 0.4) is 0 Å². The number of nitrogens with zero attached hydrogens (tertiary/aromatic N) is 3. The van der Waals surface area contributed by atoms with Crippen LogP contribution >= 0.6 is 0 Å². The molecule has 1 aliphatic rings. The van der Waals surface area contributed by atoms with Gasteiger partial charge in [0.05, 0.1) is 18.2 Å². The summed E-state index contributed by atoms with van der Waals surface area (Å²) in [5.74, 6) is 1.30. The number of pyridine rings is 1. The van der Waals surface area contributed by atoms with E-state index in [1.165, 1.54) is 12.8 Å². The van der Waals surface area contributed by atoms with Crippen LogP contribution in [0.25, 0.3) is 11.3 Å². The molecule has 0 aromatic carbocycles. The fraction of sp³-hybridized carbons (Fsp3) is 0.429.